The van der Waals surface area contributed by atoms with Crippen LogP contribution < -0.4 is 20.9 Å². The van der Waals surface area contributed by atoms with Gasteiger partial charge in [-0.05, 0) is 24.6 Å². The molecule has 0 aliphatic rings. The second-order valence-corrected chi connectivity index (χ2v) is 7.69. The van der Waals surface area contributed by atoms with Crippen LogP contribution in [-0.4, -0.2) is 37.8 Å². The molecule has 3 aromatic rings. The highest BCUT2D eigenvalue weighted by Gasteiger charge is 2.14. The predicted molar refractivity (Wildman–Crippen MR) is 116 cm³/mol. The van der Waals surface area contributed by atoms with E-state index < -0.39 is 0 Å². The number of nitrogens with two attached hydrogens (primary N) is 1. The number of aromatic amines is 1. The maximum atomic E-state index is 12.4. The number of unbranched alkanes of at least 4 members (excludes halogenated alkanes) is 1. The Morgan fingerprint density at radius 3 is 2.90 bits per heavy atom. The number of carbonyl (C=O) groups excluding carboxylic acids is 1. The van der Waals surface area contributed by atoms with E-state index in [2.05, 4.69) is 21.9 Å². The van der Waals surface area contributed by atoms with Crippen LogP contribution in [0, 0.1) is 0 Å². The van der Waals surface area contributed by atoms with Gasteiger partial charge >= 0.3 is 17.7 Å². The highest BCUT2D eigenvalue weighted by molar-refractivity contribution is 7.99. The Morgan fingerprint density at radius 1 is 1.30 bits per heavy atom. The van der Waals surface area contributed by atoms with E-state index >= 15 is 0 Å². The average molecular weight is 432 g/mol. The number of thioether (sulfide) groups is 1. The Labute approximate surface area is 178 Å². The second kappa shape index (κ2) is 10.1. The highest BCUT2D eigenvalue weighted by atomic mass is 32.2. The molecule has 3 rings (SSSR count). The van der Waals surface area contributed by atoms with Gasteiger partial charge in [0, 0.05) is 23.6 Å². The van der Waals surface area contributed by atoms with E-state index in [1.165, 1.54) is 16.3 Å². The van der Waals surface area contributed by atoms with Gasteiger partial charge in [-0.25, -0.2) is 4.79 Å². The number of anilines is 1. The van der Waals surface area contributed by atoms with Crippen molar-refractivity contribution in [3.8, 4) is 11.8 Å². The number of nitrogens with one attached hydrogen (secondary N) is 1. The van der Waals surface area contributed by atoms with E-state index in [-0.39, 0.29) is 23.5 Å². The number of hydrogen-bond donors (Lipinski definition) is 2. The summed E-state index contributed by atoms with van der Waals surface area (Å²) in [4.78, 5) is 36.0. The van der Waals surface area contributed by atoms with Crippen molar-refractivity contribution in [3.63, 3.8) is 0 Å². The zero-order chi connectivity index (χ0) is 21.5. The van der Waals surface area contributed by atoms with E-state index in [9.17, 15) is 9.59 Å². The third kappa shape index (κ3) is 5.32. The van der Waals surface area contributed by atoms with Crippen LogP contribution >= 0.6 is 11.8 Å². The molecule has 0 atom stereocenters. The number of aryl methyl sites for hydroxylation is 1. The fraction of sp³-hybridized carbons (Fsp3) is 0.400. The van der Waals surface area contributed by atoms with Crippen molar-refractivity contribution >= 4 is 34.7 Å². The largest absolute Gasteiger partial charge is 0.463 e. The molecule has 0 unspecified atom stereocenters. The number of aromatic nitrogens is 4. The van der Waals surface area contributed by atoms with Gasteiger partial charge in [0.25, 0.3) is 0 Å². The lowest BCUT2D eigenvalue weighted by Gasteiger charge is -2.07. The van der Waals surface area contributed by atoms with Gasteiger partial charge in [0.15, 0.2) is 11.5 Å². The molecule has 0 saturated heterocycles. The molecular formula is C20H25N5O4S. The minimum Gasteiger partial charge on any atom is -0.463 e. The fourth-order valence-electron chi connectivity index (χ4n) is 2.70. The number of H-pyrrole nitrogens is 1. The van der Waals surface area contributed by atoms with Crippen molar-refractivity contribution in [1.82, 2.24) is 19.5 Å². The van der Waals surface area contributed by atoms with Crippen molar-refractivity contribution in [1.29, 1.82) is 0 Å². The van der Waals surface area contributed by atoms with Crippen LogP contribution in [0.25, 0.3) is 11.2 Å². The van der Waals surface area contributed by atoms with Gasteiger partial charge in [-0.3, -0.25) is 9.36 Å². The van der Waals surface area contributed by atoms with E-state index in [4.69, 9.17) is 15.2 Å². The third-order valence-electron chi connectivity index (χ3n) is 4.27. The molecule has 160 valence electrons. The lowest BCUT2D eigenvalue weighted by Crippen LogP contribution is -2.18. The molecule has 2 heterocycles. The van der Waals surface area contributed by atoms with Crippen LogP contribution in [-0.2, 0) is 11.3 Å². The number of benzene rings is 1. The molecule has 0 fully saturated rings. The van der Waals surface area contributed by atoms with Crippen LogP contribution in [0.4, 0.5) is 5.82 Å². The van der Waals surface area contributed by atoms with E-state index in [1.54, 1.807) is 19.1 Å². The van der Waals surface area contributed by atoms with Crippen molar-refractivity contribution in [3.05, 3.63) is 34.7 Å². The summed E-state index contributed by atoms with van der Waals surface area (Å²) in [6, 6.07) is 7.45. The van der Waals surface area contributed by atoms with Gasteiger partial charge in [-0.2, -0.15) is 9.97 Å². The Morgan fingerprint density at radius 2 is 2.13 bits per heavy atom. The lowest BCUT2D eigenvalue weighted by molar-refractivity contribution is -0.134. The number of nitrogen functional groups attached to an aromatic ring is 1. The van der Waals surface area contributed by atoms with Gasteiger partial charge < -0.3 is 20.2 Å². The summed E-state index contributed by atoms with van der Waals surface area (Å²) in [6.45, 7) is 4.71. The predicted octanol–water partition coefficient (Wildman–Crippen LogP) is 2.99. The molecule has 10 heteroatoms. The fourth-order valence-corrected chi connectivity index (χ4v) is 3.58. The average Bonchev–Trinajstić information content (AvgIpc) is 3.04. The molecule has 3 N–H and O–H groups in total. The van der Waals surface area contributed by atoms with Crippen LogP contribution in [0.1, 0.15) is 33.1 Å². The van der Waals surface area contributed by atoms with Gasteiger partial charge in [0.2, 0.25) is 0 Å². The van der Waals surface area contributed by atoms with Crippen molar-refractivity contribution in [2.75, 3.05) is 18.1 Å². The standard InChI is InChI=1S/C20H25N5O4S/c1-3-5-10-28-19-23-17(21)16-18(24-19)25(20(27)22-16)9-11-30-14-8-6-7-13(12-14)29-15(26)4-2/h6-8,12H,3-5,9-11H2,1-2H3,(H,22,27)(H2,21,23,24). The van der Waals surface area contributed by atoms with Gasteiger partial charge in [0.1, 0.15) is 11.3 Å². The lowest BCUT2D eigenvalue weighted by atomic mass is 10.3. The summed E-state index contributed by atoms with van der Waals surface area (Å²) in [5.41, 5.74) is 6.49. The van der Waals surface area contributed by atoms with Crippen molar-refractivity contribution in [2.24, 2.45) is 0 Å². The van der Waals surface area contributed by atoms with E-state index in [1.807, 2.05) is 12.1 Å². The van der Waals surface area contributed by atoms with Crippen LogP contribution in [0.2, 0.25) is 0 Å². The van der Waals surface area contributed by atoms with E-state index in [0.717, 1.165) is 17.7 Å². The number of hydrogen-bond acceptors (Lipinski definition) is 8. The summed E-state index contributed by atoms with van der Waals surface area (Å²) in [5, 5.41) is 0. The Kier molecular flexibility index (Phi) is 7.34. The van der Waals surface area contributed by atoms with Crippen molar-refractivity contribution in [2.45, 2.75) is 44.6 Å². The summed E-state index contributed by atoms with van der Waals surface area (Å²) >= 11 is 1.54. The van der Waals surface area contributed by atoms with Crippen molar-refractivity contribution < 1.29 is 14.3 Å². The van der Waals surface area contributed by atoms with Gasteiger partial charge in [0.05, 0.1) is 6.61 Å². The number of esters is 1. The molecule has 0 spiro atoms. The van der Waals surface area contributed by atoms with Crippen LogP contribution in [0.15, 0.2) is 34.0 Å². The molecule has 0 saturated carbocycles. The van der Waals surface area contributed by atoms with Gasteiger partial charge in [-0.1, -0.05) is 26.3 Å². The Hall–Kier alpha value is -3.01. The minimum atomic E-state index is -0.303. The topological polar surface area (TPSA) is 125 Å². The third-order valence-corrected chi connectivity index (χ3v) is 5.24. The zero-order valence-corrected chi connectivity index (χ0v) is 17.8. The SMILES string of the molecule is CCCCOc1nc(N)c2[nH]c(=O)n(CCSc3cccc(OC(=O)CC)c3)c2n1. The molecular weight excluding hydrogens is 406 g/mol. The van der Waals surface area contributed by atoms with Crippen LogP contribution in [0.5, 0.6) is 11.8 Å². The van der Waals surface area contributed by atoms with Crippen LogP contribution in [0.3, 0.4) is 0 Å². The highest BCUT2D eigenvalue weighted by Crippen LogP contribution is 2.24. The van der Waals surface area contributed by atoms with E-state index in [0.29, 0.717) is 42.2 Å². The zero-order valence-electron chi connectivity index (χ0n) is 17.0. The molecule has 0 amide bonds. The number of fused-ring (bicyclic) bond motifs is 1. The number of imidazole rings is 1. The first kappa shape index (κ1) is 21.7. The molecule has 0 aliphatic carbocycles. The molecule has 9 nitrogen and oxygen atoms in total. The molecule has 0 aliphatic heterocycles. The smallest absolute Gasteiger partial charge is 0.327 e. The molecule has 30 heavy (non-hydrogen) atoms. The number of carbonyl (C=O) groups is 1. The maximum absolute atomic E-state index is 12.4. The first-order chi connectivity index (χ1) is 14.5. The molecule has 1 aromatic carbocycles. The summed E-state index contributed by atoms with van der Waals surface area (Å²) in [5.74, 6) is 1.01. The molecule has 0 bridgehead atoms. The summed E-state index contributed by atoms with van der Waals surface area (Å²) in [7, 11) is 0. The quantitative estimate of drug-likeness (QED) is 0.217. The summed E-state index contributed by atoms with van der Waals surface area (Å²) < 4.78 is 12.3. The Balaban J connectivity index is 1.71. The number of rotatable bonds is 10. The normalized spacial score (nSPS) is 11.0. The summed E-state index contributed by atoms with van der Waals surface area (Å²) in [6.07, 6.45) is 2.18. The number of nitrogens with zero attached hydrogens (tertiary/aromatic N) is 3. The molecule has 0 radical (unpaired) electrons. The van der Waals surface area contributed by atoms with Gasteiger partial charge in [-0.15, -0.1) is 11.8 Å². The first-order valence-electron chi connectivity index (χ1n) is 9.84. The second-order valence-electron chi connectivity index (χ2n) is 6.52. The monoisotopic (exact) mass is 431 g/mol. The minimum absolute atomic E-state index is 0.166. The maximum Gasteiger partial charge on any atom is 0.327 e. The number of ether oxygens (including phenoxy) is 2. The first-order valence-corrected chi connectivity index (χ1v) is 10.8. The Bertz CT molecular complexity index is 1080. The molecule has 2 aromatic heterocycles.